The minimum Gasteiger partial charge on any atom is -0.364 e. The maximum atomic E-state index is 11.7. The molecule has 0 radical (unpaired) electrons. The fourth-order valence-corrected chi connectivity index (χ4v) is 1.79. The lowest BCUT2D eigenvalue weighted by atomic mass is 10.4. The van der Waals surface area contributed by atoms with Crippen LogP contribution in [0.15, 0.2) is 29.1 Å². The Balaban J connectivity index is 1.52. The summed E-state index contributed by atoms with van der Waals surface area (Å²) < 4.78 is 6.51. The number of nitrogens with one attached hydrogen (secondary N) is 2. The van der Waals surface area contributed by atoms with E-state index in [1.54, 1.807) is 18.3 Å². The highest BCUT2D eigenvalue weighted by Gasteiger charge is 2.23. The summed E-state index contributed by atoms with van der Waals surface area (Å²) in [5.74, 6) is 1.42. The SMILES string of the molecule is O=C(NCc1ccon1)Nc1ccnn1CC1CC1. The molecule has 3 rings (SSSR count). The van der Waals surface area contributed by atoms with Crippen molar-refractivity contribution in [1.82, 2.24) is 20.3 Å². The monoisotopic (exact) mass is 261 g/mol. The molecule has 2 aromatic heterocycles. The summed E-state index contributed by atoms with van der Waals surface area (Å²) in [6.45, 7) is 1.20. The van der Waals surface area contributed by atoms with Crippen LogP contribution in [0.25, 0.3) is 0 Å². The molecule has 0 saturated heterocycles. The second-order valence-corrected chi connectivity index (χ2v) is 4.64. The molecule has 7 heteroatoms. The second kappa shape index (κ2) is 5.13. The molecule has 1 aliphatic rings. The zero-order valence-corrected chi connectivity index (χ0v) is 10.4. The molecule has 100 valence electrons. The van der Waals surface area contributed by atoms with E-state index in [1.807, 2.05) is 4.68 Å². The minimum atomic E-state index is -0.277. The van der Waals surface area contributed by atoms with Gasteiger partial charge in [-0.15, -0.1) is 0 Å². The lowest BCUT2D eigenvalue weighted by molar-refractivity contribution is 0.251. The van der Waals surface area contributed by atoms with Crippen LogP contribution in [0.4, 0.5) is 10.6 Å². The molecule has 0 atom stereocenters. The first-order valence-corrected chi connectivity index (χ1v) is 6.27. The summed E-state index contributed by atoms with van der Waals surface area (Å²) in [6, 6.07) is 3.22. The molecule has 1 fully saturated rings. The van der Waals surface area contributed by atoms with Gasteiger partial charge in [-0.1, -0.05) is 5.16 Å². The highest BCUT2D eigenvalue weighted by atomic mass is 16.5. The highest BCUT2D eigenvalue weighted by molar-refractivity contribution is 5.88. The summed E-state index contributed by atoms with van der Waals surface area (Å²) in [6.07, 6.45) is 5.66. The van der Waals surface area contributed by atoms with E-state index in [2.05, 4.69) is 25.4 Å². The second-order valence-electron chi connectivity index (χ2n) is 4.64. The van der Waals surface area contributed by atoms with Gasteiger partial charge in [0.15, 0.2) is 0 Å². The van der Waals surface area contributed by atoms with Gasteiger partial charge >= 0.3 is 6.03 Å². The molecule has 1 saturated carbocycles. The van der Waals surface area contributed by atoms with Gasteiger partial charge < -0.3 is 9.84 Å². The van der Waals surface area contributed by atoms with Crippen LogP contribution >= 0.6 is 0 Å². The van der Waals surface area contributed by atoms with E-state index in [-0.39, 0.29) is 6.03 Å². The maximum Gasteiger partial charge on any atom is 0.320 e. The molecule has 7 nitrogen and oxygen atoms in total. The minimum absolute atomic E-state index is 0.277. The van der Waals surface area contributed by atoms with Gasteiger partial charge in [0.25, 0.3) is 0 Å². The molecule has 2 heterocycles. The third kappa shape index (κ3) is 3.12. The first-order chi connectivity index (χ1) is 9.31. The number of hydrogen-bond donors (Lipinski definition) is 2. The van der Waals surface area contributed by atoms with E-state index in [1.165, 1.54) is 19.1 Å². The number of carbonyl (C=O) groups is 1. The van der Waals surface area contributed by atoms with Gasteiger partial charge in [0, 0.05) is 18.7 Å². The molecule has 0 aromatic carbocycles. The average Bonchev–Trinajstić information content (AvgIpc) is 2.89. The number of carbonyl (C=O) groups excluding carboxylic acids is 1. The van der Waals surface area contributed by atoms with Crippen molar-refractivity contribution in [3.63, 3.8) is 0 Å². The van der Waals surface area contributed by atoms with E-state index in [0.717, 1.165) is 6.54 Å². The maximum absolute atomic E-state index is 11.7. The third-order valence-corrected chi connectivity index (χ3v) is 3.01. The predicted octanol–water partition coefficient (Wildman–Crippen LogP) is 1.60. The summed E-state index contributed by atoms with van der Waals surface area (Å²) >= 11 is 0. The predicted molar refractivity (Wildman–Crippen MR) is 67.3 cm³/mol. The number of nitrogens with zero attached hydrogens (tertiary/aromatic N) is 3. The van der Waals surface area contributed by atoms with E-state index >= 15 is 0 Å². The van der Waals surface area contributed by atoms with Crippen molar-refractivity contribution in [2.45, 2.75) is 25.9 Å². The summed E-state index contributed by atoms with van der Waals surface area (Å²) in [5.41, 5.74) is 0.682. The molecular weight excluding hydrogens is 246 g/mol. The van der Waals surface area contributed by atoms with Crippen molar-refractivity contribution in [2.75, 3.05) is 5.32 Å². The van der Waals surface area contributed by atoms with E-state index in [0.29, 0.717) is 24.0 Å². The number of anilines is 1. The average molecular weight is 261 g/mol. The summed E-state index contributed by atoms with van der Waals surface area (Å²) in [5, 5.41) is 13.4. The molecule has 1 aliphatic carbocycles. The van der Waals surface area contributed by atoms with Gasteiger partial charge in [0.2, 0.25) is 0 Å². The van der Waals surface area contributed by atoms with Gasteiger partial charge in [-0.05, 0) is 18.8 Å². The summed E-state index contributed by atoms with van der Waals surface area (Å²) in [4.78, 5) is 11.7. The number of urea groups is 1. The van der Waals surface area contributed by atoms with Gasteiger partial charge in [0.05, 0.1) is 12.7 Å². The molecule has 0 unspecified atom stereocenters. The number of rotatable bonds is 5. The Labute approximate surface area is 110 Å². The molecule has 0 bridgehead atoms. The van der Waals surface area contributed by atoms with Crippen LogP contribution in [0.5, 0.6) is 0 Å². The molecule has 2 amide bonds. The Kier molecular flexibility index (Phi) is 3.18. The quantitative estimate of drug-likeness (QED) is 0.856. The van der Waals surface area contributed by atoms with Crippen LogP contribution in [-0.4, -0.2) is 21.0 Å². The van der Waals surface area contributed by atoms with Crippen LogP contribution in [0.1, 0.15) is 18.5 Å². The van der Waals surface area contributed by atoms with E-state index < -0.39 is 0 Å². The lowest BCUT2D eigenvalue weighted by Crippen LogP contribution is -2.29. The summed E-state index contributed by atoms with van der Waals surface area (Å²) in [7, 11) is 0. The number of aromatic nitrogens is 3. The van der Waals surface area contributed by atoms with Crippen molar-refractivity contribution in [1.29, 1.82) is 0 Å². The van der Waals surface area contributed by atoms with Gasteiger partial charge in [-0.3, -0.25) is 5.32 Å². The third-order valence-electron chi connectivity index (χ3n) is 3.01. The fraction of sp³-hybridized carbons (Fsp3) is 0.417. The Hall–Kier alpha value is -2.31. The van der Waals surface area contributed by atoms with Crippen molar-refractivity contribution >= 4 is 11.8 Å². The van der Waals surface area contributed by atoms with E-state index in [9.17, 15) is 4.79 Å². The van der Waals surface area contributed by atoms with Gasteiger partial charge in [0.1, 0.15) is 17.8 Å². The van der Waals surface area contributed by atoms with Crippen molar-refractivity contribution in [3.05, 3.63) is 30.3 Å². The number of amides is 2. The zero-order chi connectivity index (χ0) is 13.1. The molecule has 2 aromatic rings. The van der Waals surface area contributed by atoms with Gasteiger partial charge in [-0.2, -0.15) is 5.10 Å². The van der Waals surface area contributed by atoms with Crippen molar-refractivity contribution in [2.24, 2.45) is 5.92 Å². The van der Waals surface area contributed by atoms with Crippen LogP contribution in [0, 0.1) is 5.92 Å². The molecule has 0 spiro atoms. The largest absolute Gasteiger partial charge is 0.364 e. The van der Waals surface area contributed by atoms with Crippen LogP contribution in [-0.2, 0) is 13.1 Å². The van der Waals surface area contributed by atoms with Gasteiger partial charge in [-0.25, -0.2) is 9.48 Å². The van der Waals surface area contributed by atoms with E-state index in [4.69, 9.17) is 0 Å². The smallest absolute Gasteiger partial charge is 0.320 e. The van der Waals surface area contributed by atoms with Crippen molar-refractivity contribution in [3.8, 4) is 0 Å². The molecule has 2 N–H and O–H groups in total. The first-order valence-electron chi connectivity index (χ1n) is 6.27. The Morgan fingerprint density at radius 2 is 2.37 bits per heavy atom. The Morgan fingerprint density at radius 3 is 3.11 bits per heavy atom. The van der Waals surface area contributed by atoms with Crippen LogP contribution in [0.2, 0.25) is 0 Å². The highest BCUT2D eigenvalue weighted by Crippen LogP contribution is 2.31. The molecular formula is C12H15N5O2. The zero-order valence-electron chi connectivity index (χ0n) is 10.4. The van der Waals surface area contributed by atoms with Crippen LogP contribution in [0.3, 0.4) is 0 Å². The van der Waals surface area contributed by atoms with Crippen molar-refractivity contribution < 1.29 is 9.32 Å². The lowest BCUT2D eigenvalue weighted by Gasteiger charge is -2.08. The van der Waals surface area contributed by atoms with Crippen LogP contribution < -0.4 is 10.6 Å². The standard InChI is InChI=1S/C12H15N5O2/c18-12(13-7-10-4-6-19-16-10)15-11-3-5-14-17(11)8-9-1-2-9/h3-6,9H,1-2,7-8H2,(H2,13,15,18). The normalized spacial score (nSPS) is 14.3. The fourth-order valence-electron chi connectivity index (χ4n) is 1.79. The molecule has 19 heavy (non-hydrogen) atoms. The first kappa shape index (κ1) is 11.8. The number of hydrogen-bond acceptors (Lipinski definition) is 4. The Bertz CT molecular complexity index is 544. The molecule has 0 aliphatic heterocycles. The topological polar surface area (TPSA) is 85.0 Å². The Morgan fingerprint density at radius 1 is 1.47 bits per heavy atom.